The molecule has 2 heterocycles. The third-order valence-electron chi connectivity index (χ3n) is 6.66. The summed E-state index contributed by atoms with van der Waals surface area (Å²) in [4.78, 5) is 19.2. The fourth-order valence-electron chi connectivity index (χ4n) is 5.06. The largest absolute Gasteiger partial charge is 0.493 e. The Kier molecular flexibility index (Phi) is 6.48. The summed E-state index contributed by atoms with van der Waals surface area (Å²) >= 11 is 0. The Labute approximate surface area is 174 Å². The van der Waals surface area contributed by atoms with Gasteiger partial charge >= 0.3 is 0 Å². The minimum Gasteiger partial charge on any atom is -0.493 e. The van der Waals surface area contributed by atoms with Crippen molar-refractivity contribution in [1.82, 2.24) is 9.80 Å². The highest BCUT2D eigenvalue weighted by Crippen LogP contribution is 2.35. The van der Waals surface area contributed by atoms with Gasteiger partial charge in [0.2, 0.25) is 5.91 Å². The summed E-state index contributed by atoms with van der Waals surface area (Å²) in [7, 11) is 1.70. The number of hydrogen-bond acceptors (Lipinski definition) is 5. The van der Waals surface area contributed by atoms with Crippen molar-refractivity contribution in [1.29, 1.82) is 0 Å². The molecule has 1 aliphatic carbocycles. The second kappa shape index (κ2) is 9.24. The molecule has 6 heteroatoms. The first kappa shape index (κ1) is 20.3. The van der Waals surface area contributed by atoms with Crippen LogP contribution in [-0.4, -0.2) is 74.2 Å². The molecule has 3 fully saturated rings. The molecule has 3 aliphatic rings. The van der Waals surface area contributed by atoms with Gasteiger partial charge < -0.3 is 24.2 Å². The van der Waals surface area contributed by atoms with Gasteiger partial charge in [0.25, 0.3) is 0 Å². The molecule has 0 bridgehead atoms. The van der Waals surface area contributed by atoms with Crippen LogP contribution < -0.4 is 14.4 Å². The van der Waals surface area contributed by atoms with Gasteiger partial charge in [-0.15, -0.1) is 0 Å². The van der Waals surface area contributed by atoms with Crippen molar-refractivity contribution in [2.45, 2.75) is 57.6 Å². The highest BCUT2D eigenvalue weighted by atomic mass is 16.5. The third kappa shape index (κ3) is 4.80. The van der Waals surface area contributed by atoms with Gasteiger partial charge in [0.05, 0.1) is 19.3 Å². The van der Waals surface area contributed by atoms with E-state index in [1.54, 1.807) is 14.0 Å². The van der Waals surface area contributed by atoms with Gasteiger partial charge in [-0.2, -0.15) is 0 Å². The maximum Gasteiger partial charge on any atom is 0.219 e. The van der Waals surface area contributed by atoms with Gasteiger partial charge in [0.1, 0.15) is 0 Å². The monoisotopic (exact) mass is 401 g/mol. The standard InChI is InChI=1S/C23H35N3O3/c1-18(27)26-14-13-25(17-20(26)16-24-11-5-6-12-24)19-9-10-22(28-2)23(15-19)29-21-7-3-4-8-21/h9-10,15,20-21H,3-8,11-14,16-17H2,1-2H3/t20-/m0/s1. The second-order valence-electron chi connectivity index (χ2n) is 8.68. The number of carbonyl (C=O) groups excluding carboxylic acids is 1. The number of amides is 1. The van der Waals surface area contributed by atoms with Gasteiger partial charge in [0, 0.05) is 44.9 Å². The fraction of sp³-hybridized carbons (Fsp3) is 0.696. The van der Waals surface area contributed by atoms with Gasteiger partial charge in [0.15, 0.2) is 11.5 Å². The van der Waals surface area contributed by atoms with E-state index in [0.29, 0.717) is 6.10 Å². The van der Waals surface area contributed by atoms with Crippen LogP contribution in [-0.2, 0) is 4.79 Å². The first-order chi connectivity index (χ1) is 14.1. The molecular formula is C23H35N3O3. The number of rotatable bonds is 6. The summed E-state index contributed by atoms with van der Waals surface area (Å²) in [5, 5.41) is 0. The first-order valence-electron chi connectivity index (χ1n) is 11.2. The zero-order chi connectivity index (χ0) is 20.2. The molecule has 2 aliphatic heterocycles. The lowest BCUT2D eigenvalue weighted by atomic mass is 10.1. The molecular weight excluding hydrogens is 366 g/mol. The molecule has 1 saturated carbocycles. The van der Waals surface area contributed by atoms with Crippen molar-refractivity contribution >= 4 is 11.6 Å². The molecule has 160 valence electrons. The minimum atomic E-state index is 0.189. The number of piperazine rings is 1. The quantitative estimate of drug-likeness (QED) is 0.733. The van der Waals surface area contributed by atoms with Gasteiger partial charge in [-0.05, 0) is 63.7 Å². The molecule has 0 aromatic heterocycles. The summed E-state index contributed by atoms with van der Waals surface area (Å²) < 4.78 is 11.9. The van der Waals surface area contributed by atoms with E-state index in [4.69, 9.17) is 9.47 Å². The van der Waals surface area contributed by atoms with E-state index in [-0.39, 0.29) is 11.9 Å². The average molecular weight is 402 g/mol. The second-order valence-corrected chi connectivity index (χ2v) is 8.68. The van der Waals surface area contributed by atoms with Crippen LogP contribution in [0.4, 0.5) is 5.69 Å². The molecule has 0 unspecified atom stereocenters. The number of carbonyl (C=O) groups is 1. The van der Waals surface area contributed by atoms with Crippen LogP contribution in [0, 0.1) is 0 Å². The van der Waals surface area contributed by atoms with Crippen molar-refractivity contribution in [2.24, 2.45) is 0 Å². The Morgan fingerprint density at radius 3 is 2.48 bits per heavy atom. The SMILES string of the molecule is COc1ccc(N2CCN(C(C)=O)[C@@H](CN3CCCC3)C2)cc1OC1CCCC1. The molecule has 1 atom stereocenters. The van der Waals surface area contributed by atoms with Crippen molar-refractivity contribution < 1.29 is 14.3 Å². The lowest BCUT2D eigenvalue weighted by molar-refractivity contribution is -0.131. The Bertz CT molecular complexity index is 699. The average Bonchev–Trinajstić information content (AvgIpc) is 3.42. The molecule has 0 spiro atoms. The minimum absolute atomic E-state index is 0.189. The number of ether oxygens (including phenoxy) is 2. The van der Waals surface area contributed by atoms with Gasteiger partial charge in [-0.3, -0.25) is 4.79 Å². The summed E-state index contributed by atoms with van der Waals surface area (Å²) in [5.41, 5.74) is 1.16. The number of likely N-dealkylation sites (tertiary alicyclic amines) is 1. The molecule has 2 saturated heterocycles. The zero-order valence-corrected chi connectivity index (χ0v) is 17.9. The number of benzene rings is 1. The van der Waals surface area contributed by atoms with E-state index >= 15 is 0 Å². The molecule has 1 amide bonds. The number of hydrogen-bond donors (Lipinski definition) is 0. The molecule has 4 rings (SSSR count). The number of methoxy groups -OCH3 is 1. The molecule has 0 radical (unpaired) electrons. The highest BCUT2D eigenvalue weighted by Gasteiger charge is 2.31. The summed E-state index contributed by atoms with van der Waals surface area (Å²) in [6, 6.07) is 6.51. The smallest absolute Gasteiger partial charge is 0.219 e. The Morgan fingerprint density at radius 2 is 1.79 bits per heavy atom. The van der Waals surface area contributed by atoms with Crippen molar-refractivity contribution in [3.05, 3.63) is 18.2 Å². The van der Waals surface area contributed by atoms with E-state index < -0.39 is 0 Å². The number of anilines is 1. The Balaban J connectivity index is 1.49. The van der Waals surface area contributed by atoms with Crippen LogP contribution in [0.3, 0.4) is 0 Å². The summed E-state index contributed by atoms with van der Waals surface area (Å²) in [5.74, 6) is 1.84. The van der Waals surface area contributed by atoms with Gasteiger partial charge in [-0.1, -0.05) is 0 Å². The molecule has 1 aromatic rings. The molecule has 6 nitrogen and oxygen atoms in total. The van der Waals surface area contributed by atoms with E-state index in [1.807, 2.05) is 6.07 Å². The van der Waals surface area contributed by atoms with E-state index in [2.05, 4.69) is 26.8 Å². The molecule has 0 N–H and O–H groups in total. The topological polar surface area (TPSA) is 45.2 Å². The predicted molar refractivity (Wildman–Crippen MR) is 115 cm³/mol. The fourth-order valence-corrected chi connectivity index (χ4v) is 5.06. The van der Waals surface area contributed by atoms with Crippen LogP contribution >= 0.6 is 0 Å². The van der Waals surface area contributed by atoms with Gasteiger partial charge in [-0.25, -0.2) is 0 Å². The first-order valence-corrected chi connectivity index (χ1v) is 11.2. The van der Waals surface area contributed by atoms with E-state index in [1.165, 1.54) is 25.7 Å². The van der Waals surface area contributed by atoms with Crippen LogP contribution in [0.1, 0.15) is 45.4 Å². The van der Waals surface area contributed by atoms with E-state index in [0.717, 1.165) is 69.3 Å². The summed E-state index contributed by atoms with van der Waals surface area (Å²) in [6.07, 6.45) is 7.60. The lowest BCUT2D eigenvalue weighted by Crippen LogP contribution is -2.58. The normalized spacial score (nSPS) is 23.6. The highest BCUT2D eigenvalue weighted by molar-refractivity contribution is 5.74. The third-order valence-corrected chi connectivity index (χ3v) is 6.66. The lowest BCUT2D eigenvalue weighted by Gasteiger charge is -2.43. The maximum absolute atomic E-state index is 12.2. The van der Waals surface area contributed by atoms with Crippen molar-refractivity contribution in [3.8, 4) is 11.5 Å². The Hall–Kier alpha value is -1.95. The zero-order valence-electron chi connectivity index (χ0n) is 17.9. The Morgan fingerprint density at radius 1 is 1.03 bits per heavy atom. The van der Waals surface area contributed by atoms with Crippen molar-refractivity contribution in [2.75, 3.05) is 51.3 Å². The summed E-state index contributed by atoms with van der Waals surface area (Å²) in [6.45, 7) is 7.48. The van der Waals surface area contributed by atoms with Crippen LogP contribution in [0.25, 0.3) is 0 Å². The predicted octanol–water partition coefficient (Wildman–Crippen LogP) is 3.15. The van der Waals surface area contributed by atoms with Crippen molar-refractivity contribution in [3.63, 3.8) is 0 Å². The van der Waals surface area contributed by atoms with Crippen LogP contribution in [0.2, 0.25) is 0 Å². The van der Waals surface area contributed by atoms with Crippen LogP contribution in [0.5, 0.6) is 11.5 Å². The molecule has 29 heavy (non-hydrogen) atoms. The maximum atomic E-state index is 12.2. The molecule has 1 aromatic carbocycles. The van der Waals surface area contributed by atoms with E-state index in [9.17, 15) is 4.79 Å². The number of nitrogens with zero attached hydrogens (tertiary/aromatic N) is 3. The van der Waals surface area contributed by atoms with Crippen LogP contribution in [0.15, 0.2) is 18.2 Å².